The number of nitro groups is 1. The highest BCUT2D eigenvalue weighted by molar-refractivity contribution is 7.98. The van der Waals surface area contributed by atoms with Crippen LogP contribution in [0.1, 0.15) is 101 Å². The number of hydrogen-bond acceptors (Lipinski definition) is 11. The number of carbonyl (C=O) groups is 1. The number of nitro benzene ring substituents is 1. The van der Waals surface area contributed by atoms with E-state index >= 15 is 0 Å². The largest absolute Gasteiger partial charge is 0.459 e. The van der Waals surface area contributed by atoms with E-state index in [0.29, 0.717) is 54.6 Å². The maximum atomic E-state index is 14.5. The lowest BCUT2D eigenvalue weighted by atomic mass is 9.55. The van der Waals surface area contributed by atoms with Gasteiger partial charge in [0, 0.05) is 61.6 Å². The Hall–Kier alpha value is -4.69. The molecule has 3 aromatic carbocycles. The Labute approximate surface area is 375 Å². The summed E-state index contributed by atoms with van der Waals surface area (Å²) in [6.07, 6.45) is 16.9. The molecule has 1 aliphatic heterocycles. The van der Waals surface area contributed by atoms with Gasteiger partial charge in [-0.25, -0.2) is 0 Å². The van der Waals surface area contributed by atoms with E-state index in [1.54, 1.807) is 30.0 Å². The van der Waals surface area contributed by atoms with Crippen LogP contribution < -0.4 is 9.47 Å². The first-order valence-electron chi connectivity index (χ1n) is 22.7. The van der Waals surface area contributed by atoms with Crippen LogP contribution in [0.15, 0.2) is 101 Å². The third kappa shape index (κ3) is 10.6. The number of fused-ring (bicyclic) bond motifs is 2. The van der Waals surface area contributed by atoms with E-state index < -0.39 is 22.7 Å². The van der Waals surface area contributed by atoms with Gasteiger partial charge in [0.1, 0.15) is 29.9 Å². The van der Waals surface area contributed by atoms with Gasteiger partial charge in [-0.15, -0.1) is 18.3 Å². The number of benzene rings is 3. The van der Waals surface area contributed by atoms with E-state index in [9.17, 15) is 25.1 Å². The first-order chi connectivity index (χ1) is 30.7. The van der Waals surface area contributed by atoms with Crippen LogP contribution in [0.3, 0.4) is 0 Å². The number of nitrogens with zero attached hydrogens (tertiary/aromatic N) is 3. The molecule has 1 heterocycles. The minimum Gasteiger partial charge on any atom is -0.459 e. The summed E-state index contributed by atoms with van der Waals surface area (Å²) in [5, 5.41) is 36.1. The van der Waals surface area contributed by atoms with Crippen LogP contribution in [-0.2, 0) is 21.0 Å². The van der Waals surface area contributed by atoms with Crippen LogP contribution in [0.5, 0.6) is 17.2 Å². The van der Waals surface area contributed by atoms with Gasteiger partial charge in [0.25, 0.3) is 5.69 Å². The zero-order chi connectivity index (χ0) is 44.3. The summed E-state index contributed by atoms with van der Waals surface area (Å²) in [5.74, 6) is 0.779. The number of aliphatic hydroxyl groups is 2. The normalized spacial score (nSPS) is 24.5. The van der Waals surface area contributed by atoms with E-state index in [1.165, 1.54) is 25.0 Å². The van der Waals surface area contributed by atoms with E-state index in [2.05, 4.69) is 18.7 Å². The highest BCUT2D eigenvalue weighted by atomic mass is 32.2. The second-order valence-corrected chi connectivity index (χ2v) is 18.3. The van der Waals surface area contributed by atoms with Gasteiger partial charge in [0.05, 0.1) is 23.2 Å². The van der Waals surface area contributed by atoms with Crippen molar-refractivity contribution >= 4 is 29.1 Å². The Balaban J connectivity index is 1.36. The average Bonchev–Trinajstić information content (AvgIpc) is 3.83. The topological polar surface area (TPSA) is 153 Å². The number of oxime groups is 1. The fourth-order valence-electron chi connectivity index (χ4n) is 10.4. The molecule has 2 saturated carbocycles. The van der Waals surface area contributed by atoms with Gasteiger partial charge in [-0.3, -0.25) is 14.9 Å². The fraction of sp³-hybridized carbons (Fsp3) is 0.520. The Bertz CT molecular complexity index is 2090. The summed E-state index contributed by atoms with van der Waals surface area (Å²) in [7, 11) is 1.86. The van der Waals surface area contributed by atoms with Crippen LogP contribution >= 0.6 is 11.8 Å². The predicted molar refractivity (Wildman–Crippen MR) is 245 cm³/mol. The van der Waals surface area contributed by atoms with Gasteiger partial charge in [-0.2, -0.15) is 0 Å². The number of non-ortho nitro benzene ring substituents is 1. The zero-order valence-electron chi connectivity index (χ0n) is 36.7. The number of thioether (sulfide) groups is 1. The molecular weight excluding hydrogens is 819 g/mol. The van der Waals surface area contributed by atoms with Crippen molar-refractivity contribution in [1.29, 1.82) is 0 Å². The molecule has 3 aromatic rings. The van der Waals surface area contributed by atoms with E-state index in [0.717, 1.165) is 66.5 Å². The lowest BCUT2D eigenvalue weighted by molar-refractivity contribution is -0.384. The maximum absolute atomic E-state index is 14.5. The van der Waals surface area contributed by atoms with Gasteiger partial charge < -0.3 is 34.2 Å². The third-order valence-electron chi connectivity index (χ3n) is 13.6. The number of ether oxygens (including phenoxy) is 3. The van der Waals surface area contributed by atoms with Crippen molar-refractivity contribution in [3.63, 3.8) is 0 Å². The Kier molecular flexibility index (Phi) is 16.0. The minimum atomic E-state index is -1.34. The number of unbranched alkanes of at least 4 members (excludes halogenated alkanes) is 2. The van der Waals surface area contributed by atoms with E-state index in [-0.39, 0.29) is 55.8 Å². The van der Waals surface area contributed by atoms with Crippen molar-refractivity contribution in [3.8, 4) is 17.2 Å². The molecular formula is C50H63N3O9S. The molecule has 2 N–H and O–H groups in total. The molecule has 13 heteroatoms. The van der Waals surface area contributed by atoms with Crippen LogP contribution in [0.2, 0.25) is 0 Å². The number of allylic oxidation sites excluding steroid dienone is 1. The standard InChI is InChI=1S/C50H63N3O9S/c1-4-29-59-50-46(52(2)47(56)26-17-34-11-5-6-12-34)32-44(51-60-33-35-15-18-37(19-16-35)53(57)58)42-30-36(13-7-9-27-54)41(14-8-10-28-55)48(49(42)50)43-31-39(22-25-45(43)62-50)61-38-20-23-40(63-3)24-21-38/h4,15-16,18-25,30-31,34,36,41,46,48-49,54-55H,1,5-14,17,26-29,32-33H2,2-3H3/t36-,41+,46-,48+,49+,50+/m0/s1. The molecule has 12 nitrogen and oxygen atoms in total. The monoisotopic (exact) mass is 881 g/mol. The second-order valence-electron chi connectivity index (χ2n) is 17.4. The first-order valence-corrected chi connectivity index (χ1v) is 23.9. The lowest BCUT2D eigenvalue weighted by Gasteiger charge is -2.59. The molecule has 0 aromatic heterocycles. The lowest BCUT2D eigenvalue weighted by Crippen LogP contribution is -2.69. The molecule has 338 valence electrons. The number of carbonyl (C=O) groups excluding carboxylic acids is 1. The third-order valence-corrected chi connectivity index (χ3v) is 14.3. The Morgan fingerprint density at radius 3 is 2.40 bits per heavy atom. The van der Waals surface area contributed by atoms with Gasteiger partial charge in [0.15, 0.2) is 0 Å². The molecule has 63 heavy (non-hydrogen) atoms. The van der Waals surface area contributed by atoms with Crippen LogP contribution in [0.4, 0.5) is 5.69 Å². The number of hydrogen-bond donors (Lipinski definition) is 2. The molecule has 4 aliphatic rings. The second kappa shape index (κ2) is 21.8. The maximum Gasteiger partial charge on any atom is 0.269 e. The molecule has 0 spiro atoms. The van der Waals surface area contributed by atoms with Gasteiger partial charge >= 0.3 is 0 Å². The van der Waals surface area contributed by atoms with E-state index in [1.807, 2.05) is 54.6 Å². The van der Waals surface area contributed by atoms with Crippen LogP contribution in [0.25, 0.3) is 0 Å². The summed E-state index contributed by atoms with van der Waals surface area (Å²) in [5.41, 5.74) is 3.33. The highest BCUT2D eigenvalue weighted by Crippen LogP contribution is 2.62. The summed E-state index contributed by atoms with van der Waals surface area (Å²) < 4.78 is 20.9. The average molecular weight is 882 g/mol. The smallest absolute Gasteiger partial charge is 0.269 e. The van der Waals surface area contributed by atoms with Crippen molar-refractivity contribution in [2.24, 2.45) is 28.8 Å². The van der Waals surface area contributed by atoms with Crippen molar-refractivity contribution in [3.05, 3.63) is 112 Å². The Morgan fingerprint density at radius 2 is 1.71 bits per heavy atom. The Morgan fingerprint density at radius 1 is 1.00 bits per heavy atom. The van der Waals surface area contributed by atoms with Gasteiger partial charge in [0.2, 0.25) is 11.7 Å². The molecule has 0 unspecified atom stereocenters. The molecule has 6 atom stereocenters. The summed E-state index contributed by atoms with van der Waals surface area (Å²) in [6.45, 7) is 4.50. The van der Waals surface area contributed by atoms with Crippen LogP contribution in [-0.4, -0.2) is 76.6 Å². The molecule has 0 radical (unpaired) electrons. The van der Waals surface area contributed by atoms with Crippen molar-refractivity contribution in [2.45, 2.75) is 113 Å². The quantitative estimate of drug-likeness (QED) is 0.0328. The fourth-order valence-corrected chi connectivity index (χ4v) is 10.9. The SMILES string of the molecule is C=CCO[C@@]12Oc3ccc(Oc4ccc(SC)cc4)cc3[C@H]3[C@H](CCCCO)[C@@H](CCCCO)C=C(C(=NOCc4ccc([N+](=O)[O-])cc4)C[C@@H]1N(C)C(=O)CCC1CCCC1)[C@H]32. The number of amides is 1. The summed E-state index contributed by atoms with van der Waals surface area (Å²) in [6, 6.07) is 19.6. The molecule has 2 fully saturated rings. The summed E-state index contributed by atoms with van der Waals surface area (Å²) >= 11 is 1.67. The van der Waals surface area contributed by atoms with E-state index in [4.69, 9.17) is 24.2 Å². The van der Waals surface area contributed by atoms with Crippen molar-refractivity contribution in [1.82, 2.24) is 4.90 Å². The number of likely N-dealkylation sites (N-methyl/N-ethyl adjacent to an activating group) is 1. The molecule has 7 rings (SSSR count). The minimum absolute atomic E-state index is 0.00416. The molecule has 3 aliphatic carbocycles. The van der Waals surface area contributed by atoms with Crippen molar-refractivity contribution < 1.29 is 39.0 Å². The van der Waals surface area contributed by atoms with Gasteiger partial charge in [-0.1, -0.05) is 55.8 Å². The first kappa shape index (κ1) is 46.3. The van der Waals surface area contributed by atoms with Crippen molar-refractivity contribution in [2.75, 3.05) is 33.1 Å². The zero-order valence-corrected chi connectivity index (χ0v) is 37.5. The number of aliphatic hydroxyl groups excluding tert-OH is 2. The van der Waals surface area contributed by atoms with Crippen LogP contribution in [0, 0.1) is 33.8 Å². The molecule has 0 bridgehead atoms. The molecule has 1 amide bonds. The highest BCUT2D eigenvalue weighted by Gasteiger charge is 2.65. The number of rotatable bonds is 22. The molecule has 0 saturated heterocycles. The predicted octanol–water partition coefficient (Wildman–Crippen LogP) is 10.4. The summed E-state index contributed by atoms with van der Waals surface area (Å²) in [4.78, 5) is 34.5. The van der Waals surface area contributed by atoms with Gasteiger partial charge in [-0.05, 0) is 122 Å².